The second-order valence-corrected chi connectivity index (χ2v) is 7.37. The Morgan fingerprint density at radius 2 is 1.88 bits per heavy atom. The highest BCUT2D eigenvalue weighted by molar-refractivity contribution is 7.92. The quantitative estimate of drug-likeness (QED) is 0.719. The first-order chi connectivity index (χ1) is 12.4. The number of fused-ring (bicyclic) bond motifs is 1. The number of amides is 1. The fourth-order valence-electron chi connectivity index (χ4n) is 2.56. The number of pyridine rings is 1. The Bertz CT molecular complexity index is 1080. The minimum absolute atomic E-state index is 0.235. The Balaban J connectivity index is 1.93. The molecule has 0 radical (unpaired) electrons. The molecule has 2 aromatic carbocycles. The number of rotatable bonds is 5. The SMILES string of the molecule is COc1ccc(NC(=O)c2nccc3ccccc23)cc1NS(C)(=O)=O. The third kappa shape index (κ3) is 3.92. The summed E-state index contributed by atoms with van der Waals surface area (Å²) in [6.07, 6.45) is 2.61. The predicted octanol–water partition coefficient (Wildman–Crippen LogP) is 2.87. The molecule has 1 aromatic heterocycles. The van der Waals surface area contributed by atoms with Crippen LogP contribution in [0, 0.1) is 0 Å². The van der Waals surface area contributed by atoms with E-state index >= 15 is 0 Å². The van der Waals surface area contributed by atoms with Crippen molar-refractivity contribution >= 4 is 38.1 Å². The minimum Gasteiger partial charge on any atom is -0.495 e. The van der Waals surface area contributed by atoms with E-state index in [0.29, 0.717) is 11.4 Å². The second kappa shape index (κ2) is 7.01. The Morgan fingerprint density at radius 3 is 2.62 bits per heavy atom. The summed E-state index contributed by atoms with van der Waals surface area (Å²) < 4.78 is 30.5. The van der Waals surface area contributed by atoms with Gasteiger partial charge in [0.25, 0.3) is 5.91 Å². The van der Waals surface area contributed by atoms with Gasteiger partial charge in [-0.05, 0) is 29.7 Å². The van der Waals surface area contributed by atoms with Crippen molar-refractivity contribution in [2.24, 2.45) is 0 Å². The van der Waals surface area contributed by atoms with Crippen LogP contribution in [0.4, 0.5) is 11.4 Å². The van der Waals surface area contributed by atoms with Crippen LogP contribution in [0.5, 0.6) is 5.75 Å². The van der Waals surface area contributed by atoms with Crippen LogP contribution in [-0.2, 0) is 10.0 Å². The van der Waals surface area contributed by atoms with E-state index in [-0.39, 0.29) is 11.4 Å². The maximum absolute atomic E-state index is 12.6. The van der Waals surface area contributed by atoms with E-state index < -0.39 is 15.9 Å². The van der Waals surface area contributed by atoms with Crippen molar-refractivity contribution in [2.45, 2.75) is 0 Å². The van der Waals surface area contributed by atoms with Gasteiger partial charge < -0.3 is 10.1 Å². The van der Waals surface area contributed by atoms with Gasteiger partial charge in [-0.2, -0.15) is 0 Å². The molecular weight excluding hydrogens is 354 g/mol. The van der Waals surface area contributed by atoms with Gasteiger partial charge in [-0.3, -0.25) is 14.5 Å². The summed E-state index contributed by atoms with van der Waals surface area (Å²) in [5.41, 5.74) is 0.937. The molecular formula is C18H17N3O4S. The van der Waals surface area contributed by atoms with Crippen molar-refractivity contribution in [1.29, 1.82) is 0 Å². The number of anilines is 2. The largest absolute Gasteiger partial charge is 0.495 e. The molecule has 0 saturated carbocycles. The van der Waals surface area contributed by atoms with Crippen LogP contribution in [0.1, 0.15) is 10.5 Å². The van der Waals surface area contributed by atoms with E-state index in [2.05, 4.69) is 15.0 Å². The third-order valence-corrected chi connectivity index (χ3v) is 4.23. The second-order valence-electron chi connectivity index (χ2n) is 5.62. The van der Waals surface area contributed by atoms with Gasteiger partial charge in [-0.25, -0.2) is 8.42 Å². The number of benzene rings is 2. The lowest BCUT2D eigenvalue weighted by Crippen LogP contribution is -2.15. The van der Waals surface area contributed by atoms with Crippen LogP contribution in [0.25, 0.3) is 10.8 Å². The molecule has 0 unspecified atom stereocenters. The van der Waals surface area contributed by atoms with Crippen molar-refractivity contribution in [3.63, 3.8) is 0 Å². The number of carbonyl (C=O) groups excluding carboxylic acids is 1. The Labute approximate surface area is 151 Å². The molecule has 7 nitrogen and oxygen atoms in total. The molecule has 0 saturated heterocycles. The molecule has 0 aliphatic carbocycles. The summed E-state index contributed by atoms with van der Waals surface area (Å²) >= 11 is 0. The minimum atomic E-state index is -3.49. The summed E-state index contributed by atoms with van der Waals surface area (Å²) in [5, 5.41) is 4.37. The highest BCUT2D eigenvalue weighted by Crippen LogP contribution is 2.29. The molecule has 1 amide bonds. The molecule has 0 aliphatic heterocycles. The fourth-order valence-corrected chi connectivity index (χ4v) is 3.12. The number of nitrogens with zero attached hydrogens (tertiary/aromatic N) is 1. The smallest absolute Gasteiger partial charge is 0.274 e. The van der Waals surface area contributed by atoms with E-state index in [9.17, 15) is 13.2 Å². The highest BCUT2D eigenvalue weighted by atomic mass is 32.2. The number of hydrogen-bond donors (Lipinski definition) is 2. The number of methoxy groups -OCH3 is 1. The van der Waals surface area contributed by atoms with E-state index in [1.807, 2.05) is 30.3 Å². The van der Waals surface area contributed by atoms with Crippen molar-refractivity contribution in [2.75, 3.05) is 23.4 Å². The normalized spacial score (nSPS) is 11.2. The standard InChI is InChI=1S/C18H17N3O4S/c1-25-16-8-7-13(11-15(16)21-26(2,23)24)20-18(22)17-14-6-4-3-5-12(14)9-10-19-17/h3-11,21H,1-2H3,(H,20,22). The molecule has 0 fully saturated rings. The van der Waals surface area contributed by atoms with Crippen molar-refractivity contribution in [1.82, 2.24) is 4.98 Å². The van der Waals surface area contributed by atoms with E-state index in [4.69, 9.17) is 4.74 Å². The first-order valence-electron chi connectivity index (χ1n) is 7.68. The van der Waals surface area contributed by atoms with E-state index in [1.54, 1.807) is 18.3 Å². The lowest BCUT2D eigenvalue weighted by atomic mass is 10.1. The zero-order chi connectivity index (χ0) is 18.7. The molecule has 8 heteroatoms. The van der Waals surface area contributed by atoms with Crippen LogP contribution in [0.3, 0.4) is 0 Å². The Hall–Kier alpha value is -3.13. The van der Waals surface area contributed by atoms with E-state index in [0.717, 1.165) is 17.0 Å². The monoisotopic (exact) mass is 371 g/mol. The van der Waals surface area contributed by atoms with Crippen molar-refractivity contribution in [3.8, 4) is 5.75 Å². The summed E-state index contributed by atoms with van der Waals surface area (Å²) in [6, 6.07) is 13.9. The number of sulfonamides is 1. The van der Waals surface area contributed by atoms with Crippen LogP contribution < -0.4 is 14.8 Å². The number of aromatic nitrogens is 1. The third-order valence-electron chi connectivity index (χ3n) is 3.64. The first kappa shape index (κ1) is 17.7. The molecule has 3 aromatic rings. The molecule has 0 aliphatic rings. The van der Waals surface area contributed by atoms with Crippen molar-refractivity contribution in [3.05, 3.63) is 60.4 Å². The van der Waals surface area contributed by atoms with Crippen LogP contribution >= 0.6 is 0 Å². The van der Waals surface area contributed by atoms with Crippen molar-refractivity contribution < 1.29 is 17.9 Å². The fraction of sp³-hybridized carbons (Fsp3) is 0.111. The summed E-state index contributed by atoms with van der Waals surface area (Å²) in [4.78, 5) is 16.8. The zero-order valence-corrected chi connectivity index (χ0v) is 15.0. The maximum atomic E-state index is 12.6. The molecule has 0 atom stereocenters. The van der Waals surface area contributed by atoms with Gasteiger partial charge in [0.05, 0.1) is 19.1 Å². The summed E-state index contributed by atoms with van der Waals surface area (Å²) in [6.45, 7) is 0. The average Bonchev–Trinajstić information content (AvgIpc) is 2.60. The maximum Gasteiger partial charge on any atom is 0.274 e. The number of hydrogen-bond acceptors (Lipinski definition) is 5. The molecule has 134 valence electrons. The van der Waals surface area contributed by atoms with Gasteiger partial charge in [0, 0.05) is 17.3 Å². The molecule has 1 heterocycles. The Kier molecular flexibility index (Phi) is 4.77. The summed E-state index contributed by atoms with van der Waals surface area (Å²) in [7, 11) is -2.06. The number of carbonyl (C=O) groups is 1. The summed E-state index contributed by atoms with van der Waals surface area (Å²) in [5.74, 6) is -0.0472. The van der Waals surface area contributed by atoms with Gasteiger partial charge >= 0.3 is 0 Å². The van der Waals surface area contributed by atoms with Crippen LogP contribution in [0.2, 0.25) is 0 Å². The topological polar surface area (TPSA) is 97.4 Å². The van der Waals surface area contributed by atoms with Gasteiger partial charge in [0.1, 0.15) is 11.4 Å². The van der Waals surface area contributed by atoms with Crippen LogP contribution in [0.15, 0.2) is 54.7 Å². The first-order valence-corrected chi connectivity index (χ1v) is 9.57. The molecule has 26 heavy (non-hydrogen) atoms. The number of ether oxygens (including phenoxy) is 1. The zero-order valence-electron chi connectivity index (χ0n) is 14.2. The van der Waals surface area contributed by atoms with Crippen LogP contribution in [-0.4, -0.2) is 32.7 Å². The Morgan fingerprint density at radius 1 is 1.12 bits per heavy atom. The molecule has 0 bridgehead atoms. The van der Waals surface area contributed by atoms with Gasteiger partial charge in [-0.15, -0.1) is 0 Å². The average molecular weight is 371 g/mol. The highest BCUT2D eigenvalue weighted by Gasteiger charge is 2.14. The molecule has 3 rings (SSSR count). The van der Waals surface area contributed by atoms with Gasteiger partial charge in [0.2, 0.25) is 10.0 Å². The lowest BCUT2D eigenvalue weighted by Gasteiger charge is -2.12. The molecule has 0 spiro atoms. The lowest BCUT2D eigenvalue weighted by molar-refractivity contribution is 0.102. The number of nitrogens with one attached hydrogen (secondary N) is 2. The van der Waals surface area contributed by atoms with Gasteiger partial charge in [-0.1, -0.05) is 24.3 Å². The molecule has 2 N–H and O–H groups in total. The van der Waals surface area contributed by atoms with Gasteiger partial charge in [0.15, 0.2) is 0 Å². The predicted molar refractivity (Wildman–Crippen MR) is 101 cm³/mol. The van der Waals surface area contributed by atoms with E-state index in [1.165, 1.54) is 13.2 Å².